The van der Waals surface area contributed by atoms with Crippen molar-refractivity contribution in [2.75, 3.05) is 6.54 Å². The number of fused-ring (bicyclic) bond motifs is 2. The van der Waals surface area contributed by atoms with E-state index in [4.69, 9.17) is 4.74 Å². The van der Waals surface area contributed by atoms with E-state index in [-0.39, 0.29) is 0 Å². The average molecular weight is 279 g/mol. The molecule has 3 fully saturated rings. The highest BCUT2D eigenvalue weighted by Crippen LogP contribution is 2.44. The molecule has 0 radical (unpaired) electrons. The minimum atomic E-state index is 0.582. The lowest BCUT2D eigenvalue weighted by Crippen LogP contribution is -2.47. The Hall–Kier alpha value is -0.0800. The number of hydrogen-bond donors (Lipinski definition) is 1. The number of ether oxygens (including phenoxy) is 1. The van der Waals surface area contributed by atoms with Crippen molar-refractivity contribution in [3.8, 4) is 0 Å². The van der Waals surface area contributed by atoms with Gasteiger partial charge < -0.3 is 10.1 Å². The molecule has 20 heavy (non-hydrogen) atoms. The quantitative estimate of drug-likeness (QED) is 0.789. The monoisotopic (exact) mass is 279 g/mol. The third-order valence-electron chi connectivity index (χ3n) is 6.22. The molecule has 2 aliphatic heterocycles. The molecule has 2 heterocycles. The van der Waals surface area contributed by atoms with E-state index in [2.05, 4.69) is 19.2 Å². The second-order valence-corrected chi connectivity index (χ2v) is 7.44. The van der Waals surface area contributed by atoms with Gasteiger partial charge in [-0.15, -0.1) is 0 Å². The topological polar surface area (TPSA) is 21.3 Å². The van der Waals surface area contributed by atoms with E-state index >= 15 is 0 Å². The first kappa shape index (κ1) is 14.8. The lowest BCUT2D eigenvalue weighted by Gasteiger charge is -2.39. The number of nitrogens with one attached hydrogen (secondary N) is 1. The van der Waals surface area contributed by atoms with Crippen LogP contribution in [0.2, 0.25) is 0 Å². The highest BCUT2D eigenvalue weighted by atomic mass is 16.5. The first-order valence-electron chi connectivity index (χ1n) is 9.20. The SMILES string of the molecule is CCCNC(C1CCC(CC)CC1)C1CC2CCC1O2. The van der Waals surface area contributed by atoms with Crippen LogP contribution in [-0.2, 0) is 4.74 Å². The molecular formula is C18H33NO. The van der Waals surface area contributed by atoms with Gasteiger partial charge in [0.1, 0.15) is 0 Å². The Morgan fingerprint density at radius 3 is 2.40 bits per heavy atom. The van der Waals surface area contributed by atoms with Crippen molar-refractivity contribution >= 4 is 0 Å². The van der Waals surface area contributed by atoms with Crippen LogP contribution in [0.1, 0.15) is 71.6 Å². The summed E-state index contributed by atoms with van der Waals surface area (Å²) >= 11 is 0. The third-order valence-corrected chi connectivity index (χ3v) is 6.22. The minimum absolute atomic E-state index is 0.582. The summed E-state index contributed by atoms with van der Waals surface area (Å²) in [5.74, 6) is 2.73. The van der Waals surface area contributed by atoms with Crippen molar-refractivity contribution < 1.29 is 4.74 Å². The van der Waals surface area contributed by atoms with Gasteiger partial charge in [-0.1, -0.05) is 33.1 Å². The summed E-state index contributed by atoms with van der Waals surface area (Å²) < 4.78 is 6.14. The highest BCUT2D eigenvalue weighted by Gasteiger charge is 2.46. The van der Waals surface area contributed by atoms with Gasteiger partial charge in [0.25, 0.3) is 0 Å². The molecule has 0 aromatic rings. The zero-order valence-corrected chi connectivity index (χ0v) is 13.4. The van der Waals surface area contributed by atoms with E-state index in [1.54, 1.807) is 0 Å². The summed E-state index contributed by atoms with van der Waals surface area (Å²) in [6.45, 7) is 5.84. The Kier molecular flexibility index (Phi) is 5.04. The summed E-state index contributed by atoms with van der Waals surface area (Å²) in [5, 5.41) is 3.92. The van der Waals surface area contributed by atoms with E-state index in [0.717, 1.165) is 23.8 Å². The van der Waals surface area contributed by atoms with Crippen molar-refractivity contribution in [1.29, 1.82) is 0 Å². The Bertz CT molecular complexity index is 298. The molecule has 0 amide bonds. The molecule has 0 aromatic heterocycles. The van der Waals surface area contributed by atoms with Gasteiger partial charge in [0.2, 0.25) is 0 Å². The molecule has 1 aliphatic carbocycles. The minimum Gasteiger partial charge on any atom is -0.375 e. The fraction of sp³-hybridized carbons (Fsp3) is 1.00. The standard InChI is InChI=1S/C18H33NO/c1-3-11-19-18(14-7-5-13(4-2)6-8-14)16-12-15-9-10-17(16)20-15/h13-19H,3-12H2,1-2H3. The Labute approximate surface area is 125 Å². The number of hydrogen-bond acceptors (Lipinski definition) is 2. The Morgan fingerprint density at radius 2 is 1.85 bits per heavy atom. The summed E-state index contributed by atoms with van der Waals surface area (Å²) in [6, 6.07) is 0.739. The van der Waals surface area contributed by atoms with E-state index in [1.165, 1.54) is 64.3 Å². The predicted octanol–water partition coefficient (Wildman–Crippen LogP) is 4.14. The van der Waals surface area contributed by atoms with Crippen LogP contribution in [0.4, 0.5) is 0 Å². The maximum absolute atomic E-state index is 6.14. The average Bonchev–Trinajstić information content (AvgIpc) is 3.11. The first-order chi connectivity index (χ1) is 9.81. The largest absolute Gasteiger partial charge is 0.375 e. The molecule has 1 N–H and O–H groups in total. The van der Waals surface area contributed by atoms with E-state index in [9.17, 15) is 0 Å². The first-order valence-corrected chi connectivity index (χ1v) is 9.20. The molecule has 4 unspecified atom stereocenters. The molecule has 116 valence electrons. The third kappa shape index (κ3) is 3.06. The van der Waals surface area contributed by atoms with Crippen LogP contribution in [0.25, 0.3) is 0 Å². The number of rotatable bonds is 6. The van der Waals surface area contributed by atoms with Gasteiger partial charge in [-0.05, 0) is 56.9 Å². The van der Waals surface area contributed by atoms with Crippen molar-refractivity contribution in [2.24, 2.45) is 17.8 Å². The van der Waals surface area contributed by atoms with Gasteiger partial charge in [-0.25, -0.2) is 0 Å². The molecule has 2 nitrogen and oxygen atoms in total. The van der Waals surface area contributed by atoms with E-state index < -0.39 is 0 Å². The molecule has 0 spiro atoms. The van der Waals surface area contributed by atoms with Gasteiger partial charge in [0.05, 0.1) is 12.2 Å². The summed E-state index contributed by atoms with van der Waals surface area (Å²) in [5.41, 5.74) is 0. The van der Waals surface area contributed by atoms with Crippen LogP contribution in [0, 0.1) is 17.8 Å². The molecule has 0 aromatic carbocycles. The maximum Gasteiger partial charge on any atom is 0.0623 e. The zero-order chi connectivity index (χ0) is 13.9. The molecule has 3 rings (SSSR count). The fourth-order valence-electron chi connectivity index (χ4n) is 4.99. The zero-order valence-electron chi connectivity index (χ0n) is 13.4. The lowest BCUT2D eigenvalue weighted by atomic mass is 9.71. The predicted molar refractivity (Wildman–Crippen MR) is 83.8 cm³/mol. The summed E-state index contributed by atoms with van der Waals surface area (Å²) in [7, 11) is 0. The van der Waals surface area contributed by atoms with Crippen molar-refractivity contribution in [3.63, 3.8) is 0 Å². The lowest BCUT2D eigenvalue weighted by molar-refractivity contribution is 0.0732. The van der Waals surface area contributed by atoms with Gasteiger partial charge in [-0.2, -0.15) is 0 Å². The Morgan fingerprint density at radius 1 is 1.05 bits per heavy atom. The normalized spacial score (nSPS) is 42.0. The second-order valence-electron chi connectivity index (χ2n) is 7.44. The van der Waals surface area contributed by atoms with Crippen LogP contribution in [0.3, 0.4) is 0 Å². The van der Waals surface area contributed by atoms with Gasteiger partial charge in [0.15, 0.2) is 0 Å². The van der Waals surface area contributed by atoms with Crippen LogP contribution in [0.15, 0.2) is 0 Å². The van der Waals surface area contributed by atoms with Crippen molar-refractivity contribution in [2.45, 2.75) is 89.9 Å². The Balaban J connectivity index is 1.61. The van der Waals surface area contributed by atoms with Crippen LogP contribution < -0.4 is 5.32 Å². The molecule has 2 saturated heterocycles. The second kappa shape index (κ2) is 6.79. The smallest absolute Gasteiger partial charge is 0.0623 e. The molecule has 4 atom stereocenters. The molecule has 2 heteroatoms. The van der Waals surface area contributed by atoms with Crippen LogP contribution in [-0.4, -0.2) is 24.8 Å². The van der Waals surface area contributed by atoms with Crippen molar-refractivity contribution in [3.05, 3.63) is 0 Å². The molecule has 2 bridgehead atoms. The van der Waals surface area contributed by atoms with Crippen molar-refractivity contribution in [1.82, 2.24) is 5.32 Å². The van der Waals surface area contributed by atoms with Gasteiger partial charge in [-0.3, -0.25) is 0 Å². The maximum atomic E-state index is 6.14. The highest BCUT2D eigenvalue weighted by molar-refractivity contribution is 4.98. The van der Waals surface area contributed by atoms with Crippen LogP contribution >= 0.6 is 0 Å². The van der Waals surface area contributed by atoms with Gasteiger partial charge in [0, 0.05) is 12.0 Å². The summed E-state index contributed by atoms with van der Waals surface area (Å²) in [6.07, 6.45) is 13.6. The molecule has 3 aliphatic rings. The molecule has 1 saturated carbocycles. The van der Waals surface area contributed by atoms with Gasteiger partial charge >= 0.3 is 0 Å². The van der Waals surface area contributed by atoms with Crippen LogP contribution in [0.5, 0.6) is 0 Å². The molecular weight excluding hydrogens is 246 g/mol. The fourth-order valence-corrected chi connectivity index (χ4v) is 4.99. The summed E-state index contributed by atoms with van der Waals surface area (Å²) in [4.78, 5) is 0. The van der Waals surface area contributed by atoms with E-state index in [1.807, 2.05) is 0 Å². The van der Waals surface area contributed by atoms with E-state index in [0.29, 0.717) is 12.2 Å².